The fourth-order valence-electron chi connectivity index (χ4n) is 9.85. The van der Waals surface area contributed by atoms with Crippen LogP contribution in [-0.4, -0.2) is 11.7 Å². The van der Waals surface area contributed by atoms with Crippen LogP contribution in [0.2, 0.25) is 0 Å². The predicted molar refractivity (Wildman–Crippen MR) is 205 cm³/mol. The molecule has 2 saturated carbocycles. The number of benzene rings is 3. The molecule has 0 amide bonds. The molecule has 246 valence electrons. The van der Waals surface area contributed by atoms with Crippen molar-refractivity contribution >= 4 is 40.3 Å². The van der Waals surface area contributed by atoms with Gasteiger partial charge in [-0.2, -0.15) is 0 Å². The Bertz CT molecular complexity index is 2020. The van der Waals surface area contributed by atoms with Crippen LogP contribution in [0, 0.1) is 0 Å². The van der Waals surface area contributed by atoms with Crippen LogP contribution in [0.5, 0.6) is 0 Å². The normalized spacial score (nSPS) is 20.4. The van der Waals surface area contributed by atoms with Crippen molar-refractivity contribution in [3.63, 3.8) is 0 Å². The minimum Gasteiger partial charge on any atom is -0.296 e. The van der Waals surface area contributed by atoms with Gasteiger partial charge in [0.05, 0.1) is 0 Å². The van der Waals surface area contributed by atoms with Crippen LogP contribution < -0.4 is 21.3 Å². The first-order valence-electron chi connectivity index (χ1n) is 18.6. The van der Waals surface area contributed by atoms with Gasteiger partial charge in [-0.25, -0.2) is 4.98 Å². The Labute approximate surface area is 289 Å². The minimum absolute atomic E-state index is 0.0271. The number of anilines is 3. The molecular formula is C45H53BN2. The van der Waals surface area contributed by atoms with Crippen molar-refractivity contribution in [2.24, 2.45) is 0 Å². The second-order valence-electron chi connectivity index (χ2n) is 20.0. The number of hydrogen-bond donors (Lipinski definition) is 0. The van der Waals surface area contributed by atoms with Crippen LogP contribution >= 0.6 is 0 Å². The van der Waals surface area contributed by atoms with E-state index in [1.807, 2.05) is 0 Å². The number of aromatic nitrogens is 1. The lowest BCUT2D eigenvalue weighted by Gasteiger charge is -2.45. The fraction of sp³-hybridized carbons (Fsp3) is 0.489. The van der Waals surface area contributed by atoms with Gasteiger partial charge in [-0.15, -0.1) is 0 Å². The van der Waals surface area contributed by atoms with Crippen LogP contribution in [0.15, 0.2) is 60.8 Å². The van der Waals surface area contributed by atoms with Crippen molar-refractivity contribution in [3.8, 4) is 0 Å². The molecule has 0 saturated heterocycles. The molecule has 0 N–H and O–H groups in total. The lowest BCUT2D eigenvalue weighted by molar-refractivity contribution is 0.568. The number of fused-ring (bicyclic) bond motifs is 7. The van der Waals surface area contributed by atoms with E-state index in [4.69, 9.17) is 4.98 Å². The van der Waals surface area contributed by atoms with Crippen LogP contribution in [0.4, 0.5) is 17.2 Å². The van der Waals surface area contributed by atoms with Crippen molar-refractivity contribution in [1.82, 2.24) is 4.98 Å². The second-order valence-corrected chi connectivity index (χ2v) is 20.0. The fourth-order valence-corrected chi connectivity index (χ4v) is 9.85. The van der Waals surface area contributed by atoms with E-state index in [1.54, 1.807) is 11.1 Å². The summed E-state index contributed by atoms with van der Waals surface area (Å²) in [5.74, 6) is 1.12. The summed E-state index contributed by atoms with van der Waals surface area (Å²) in [4.78, 5) is 7.97. The van der Waals surface area contributed by atoms with Crippen LogP contribution in [0.25, 0.3) is 0 Å². The highest BCUT2D eigenvalue weighted by Gasteiger charge is 2.63. The van der Waals surface area contributed by atoms with E-state index in [0.717, 1.165) is 5.82 Å². The molecule has 2 nitrogen and oxygen atoms in total. The predicted octanol–water partition coefficient (Wildman–Crippen LogP) is 9.38. The average molecular weight is 633 g/mol. The highest BCUT2D eigenvalue weighted by atomic mass is 15.2. The molecule has 0 bridgehead atoms. The standard InChI is InChI=1S/C45H53BN2/c1-40(2,3)27-12-13-31-35(23-27)46-36-24-33-34(45(17-18-45)26-44(33)15-16-44)25-37(36)48(39-38(46)32(14-19-47-39)43(31,10)11)30-21-28(41(4,5)6)20-29(22-30)42(7,8)9/h12-14,19-25H,15-18,26H2,1-11H3. The molecule has 0 radical (unpaired) electrons. The van der Waals surface area contributed by atoms with Gasteiger partial charge in [0.2, 0.25) is 6.71 Å². The molecule has 0 unspecified atom stereocenters. The van der Waals surface area contributed by atoms with E-state index in [2.05, 4.69) is 142 Å². The zero-order valence-electron chi connectivity index (χ0n) is 31.3. The molecule has 9 rings (SSSR count). The van der Waals surface area contributed by atoms with Gasteiger partial charge in [0.15, 0.2) is 0 Å². The maximum Gasteiger partial charge on any atom is 0.249 e. The van der Waals surface area contributed by atoms with Gasteiger partial charge in [-0.1, -0.05) is 112 Å². The minimum atomic E-state index is -0.130. The van der Waals surface area contributed by atoms with Gasteiger partial charge in [0.1, 0.15) is 5.82 Å². The quantitative estimate of drug-likeness (QED) is 0.171. The molecule has 3 heteroatoms. The highest BCUT2D eigenvalue weighted by Crippen LogP contribution is 2.70. The Morgan fingerprint density at radius 1 is 0.604 bits per heavy atom. The molecule has 2 aliphatic heterocycles. The summed E-state index contributed by atoms with van der Waals surface area (Å²) in [5.41, 5.74) is 18.2. The van der Waals surface area contributed by atoms with Crippen molar-refractivity contribution < 1.29 is 0 Å². The Balaban J connectivity index is 1.39. The first-order valence-corrected chi connectivity index (χ1v) is 18.6. The van der Waals surface area contributed by atoms with Crippen LogP contribution in [0.3, 0.4) is 0 Å². The van der Waals surface area contributed by atoms with Crippen LogP contribution in [-0.2, 0) is 32.5 Å². The molecule has 2 spiro atoms. The van der Waals surface area contributed by atoms with Crippen molar-refractivity contribution in [1.29, 1.82) is 0 Å². The summed E-state index contributed by atoms with van der Waals surface area (Å²) in [6.45, 7) is 26.2. The van der Waals surface area contributed by atoms with E-state index in [-0.39, 0.29) is 28.4 Å². The van der Waals surface area contributed by atoms with E-state index in [0.29, 0.717) is 10.8 Å². The third kappa shape index (κ3) is 4.15. The summed E-state index contributed by atoms with van der Waals surface area (Å²) in [6.07, 6.45) is 8.88. The molecule has 3 aliphatic carbocycles. The number of pyridine rings is 1. The third-order valence-electron chi connectivity index (χ3n) is 13.2. The van der Waals surface area contributed by atoms with E-state index >= 15 is 0 Å². The number of hydrogen-bond acceptors (Lipinski definition) is 2. The summed E-state index contributed by atoms with van der Waals surface area (Å²) < 4.78 is 0. The van der Waals surface area contributed by atoms with Gasteiger partial charge in [-0.3, -0.25) is 4.90 Å². The van der Waals surface area contributed by atoms with E-state index in [1.165, 1.54) is 87.7 Å². The first-order chi connectivity index (χ1) is 22.3. The Morgan fingerprint density at radius 2 is 1.19 bits per heavy atom. The van der Waals surface area contributed by atoms with Crippen molar-refractivity contribution in [2.45, 2.75) is 141 Å². The van der Waals surface area contributed by atoms with Gasteiger partial charge >= 0.3 is 0 Å². The van der Waals surface area contributed by atoms with Gasteiger partial charge < -0.3 is 0 Å². The summed E-state index contributed by atoms with van der Waals surface area (Å²) in [5, 5.41) is 0. The lowest BCUT2D eigenvalue weighted by atomic mass is 9.30. The Morgan fingerprint density at radius 3 is 1.75 bits per heavy atom. The molecule has 3 heterocycles. The van der Waals surface area contributed by atoms with Crippen LogP contribution in [0.1, 0.15) is 147 Å². The van der Waals surface area contributed by atoms with Gasteiger partial charge in [-0.05, 0) is 133 Å². The molecule has 2 fully saturated rings. The van der Waals surface area contributed by atoms with Crippen molar-refractivity contribution in [3.05, 3.63) is 99.7 Å². The second kappa shape index (κ2) is 9.06. The smallest absolute Gasteiger partial charge is 0.249 e. The van der Waals surface area contributed by atoms with Gasteiger partial charge in [0.25, 0.3) is 0 Å². The molecule has 0 atom stereocenters. The average Bonchev–Trinajstić information content (AvgIpc) is 3.93. The third-order valence-corrected chi connectivity index (χ3v) is 13.2. The topological polar surface area (TPSA) is 16.1 Å². The number of rotatable bonds is 1. The highest BCUT2D eigenvalue weighted by molar-refractivity contribution is 6.99. The molecule has 3 aromatic carbocycles. The van der Waals surface area contributed by atoms with E-state index in [9.17, 15) is 0 Å². The Kier molecular flexibility index (Phi) is 5.80. The summed E-state index contributed by atoms with van der Waals surface area (Å²) in [7, 11) is 0. The van der Waals surface area contributed by atoms with Gasteiger partial charge in [0, 0.05) is 23.0 Å². The van der Waals surface area contributed by atoms with Crippen molar-refractivity contribution in [2.75, 3.05) is 4.90 Å². The SMILES string of the molecule is CC(C)(C)c1cc(N2c3cc4c(cc3B3c5cc(C(C)(C)C)ccc5C(C)(C)c5ccnc2c53)C2(CC2)CC42CC2)cc(C(C)(C)C)c1. The zero-order valence-corrected chi connectivity index (χ0v) is 31.3. The largest absolute Gasteiger partial charge is 0.296 e. The molecule has 4 aromatic rings. The number of nitrogens with zero attached hydrogens (tertiary/aromatic N) is 2. The molecule has 1 aromatic heterocycles. The summed E-state index contributed by atoms with van der Waals surface area (Å²) in [6, 6.07) is 22.6. The maximum absolute atomic E-state index is 5.37. The maximum atomic E-state index is 5.37. The Hall–Kier alpha value is -3.33. The molecular weight excluding hydrogens is 579 g/mol. The first kappa shape index (κ1) is 30.7. The zero-order chi connectivity index (χ0) is 34.0. The van der Waals surface area contributed by atoms with E-state index < -0.39 is 0 Å². The summed E-state index contributed by atoms with van der Waals surface area (Å²) >= 11 is 0. The molecule has 48 heavy (non-hydrogen) atoms. The molecule has 5 aliphatic rings. The monoisotopic (exact) mass is 632 g/mol. The lowest BCUT2D eigenvalue weighted by Crippen LogP contribution is -2.64.